The molecule has 1 heterocycles. The molecule has 0 aliphatic carbocycles. The Hall–Kier alpha value is -0.650. The molecule has 0 aromatic rings. The molecule has 0 amide bonds. The van der Waals surface area contributed by atoms with E-state index < -0.39 is 12.1 Å². The Morgan fingerprint density at radius 3 is 2.69 bits per heavy atom. The van der Waals surface area contributed by atoms with Crippen LogP contribution in [0.4, 0.5) is 0 Å². The third-order valence-electron chi connectivity index (χ3n) is 2.41. The molecule has 0 aromatic heterocycles. The predicted molar refractivity (Wildman–Crippen MR) is 57.5 cm³/mol. The van der Waals surface area contributed by atoms with Crippen molar-refractivity contribution < 1.29 is 24.1 Å². The third kappa shape index (κ3) is 4.92. The molecule has 2 atom stereocenters. The van der Waals surface area contributed by atoms with E-state index in [2.05, 4.69) is 6.92 Å². The number of carbonyl (C=O) groups is 1. The van der Waals surface area contributed by atoms with E-state index in [1.54, 1.807) is 0 Å². The van der Waals surface area contributed by atoms with Crippen molar-refractivity contribution in [1.82, 2.24) is 0 Å². The highest BCUT2D eigenvalue weighted by molar-refractivity contribution is 5.72. The van der Waals surface area contributed by atoms with E-state index in [-0.39, 0.29) is 6.10 Å². The molecule has 16 heavy (non-hydrogen) atoms. The number of aliphatic carboxylic acids is 1. The number of carboxylic acids is 1. The van der Waals surface area contributed by atoms with Crippen molar-refractivity contribution in [3.63, 3.8) is 0 Å². The van der Waals surface area contributed by atoms with Crippen LogP contribution in [0.15, 0.2) is 0 Å². The lowest BCUT2D eigenvalue weighted by atomic mass is 10.2. The van der Waals surface area contributed by atoms with Gasteiger partial charge >= 0.3 is 5.97 Å². The van der Waals surface area contributed by atoms with Gasteiger partial charge in [-0.1, -0.05) is 6.92 Å². The number of rotatable bonds is 8. The van der Waals surface area contributed by atoms with Gasteiger partial charge in [-0.3, -0.25) is 0 Å². The summed E-state index contributed by atoms with van der Waals surface area (Å²) in [5.41, 5.74) is 0. The number of carboxylic acid groups (broad SMARTS) is 1. The fourth-order valence-corrected chi connectivity index (χ4v) is 1.59. The second kappa shape index (κ2) is 7.60. The smallest absolute Gasteiger partial charge is 0.332 e. The van der Waals surface area contributed by atoms with Crippen molar-refractivity contribution in [1.29, 1.82) is 0 Å². The van der Waals surface area contributed by atoms with Gasteiger partial charge in [0.15, 0.2) is 6.10 Å². The fourth-order valence-electron chi connectivity index (χ4n) is 1.59. The zero-order valence-electron chi connectivity index (χ0n) is 9.68. The van der Waals surface area contributed by atoms with E-state index in [1.807, 2.05) is 0 Å². The van der Waals surface area contributed by atoms with Crippen molar-refractivity contribution in [2.45, 2.75) is 38.4 Å². The van der Waals surface area contributed by atoms with E-state index in [0.717, 1.165) is 19.4 Å². The maximum atomic E-state index is 10.6. The van der Waals surface area contributed by atoms with Crippen molar-refractivity contribution in [2.75, 3.05) is 26.4 Å². The van der Waals surface area contributed by atoms with Gasteiger partial charge in [0.25, 0.3) is 0 Å². The summed E-state index contributed by atoms with van der Waals surface area (Å²) in [4.78, 5) is 10.6. The molecule has 1 aliphatic rings. The highest BCUT2D eigenvalue weighted by Gasteiger charge is 2.30. The second-order valence-corrected chi connectivity index (χ2v) is 3.85. The summed E-state index contributed by atoms with van der Waals surface area (Å²) in [6.45, 7) is 4.39. The summed E-state index contributed by atoms with van der Waals surface area (Å²) in [6.07, 6.45) is 1.62. The molecule has 1 saturated heterocycles. The lowest BCUT2D eigenvalue weighted by Crippen LogP contribution is -2.23. The molecule has 5 heteroatoms. The highest BCUT2D eigenvalue weighted by Crippen LogP contribution is 2.19. The molecule has 0 saturated carbocycles. The summed E-state index contributed by atoms with van der Waals surface area (Å²) >= 11 is 0. The summed E-state index contributed by atoms with van der Waals surface area (Å²) in [7, 11) is 0. The van der Waals surface area contributed by atoms with Gasteiger partial charge in [0, 0.05) is 6.61 Å². The van der Waals surface area contributed by atoms with Gasteiger partial charge in [-0.05, 0) is 19.3 Å². The first-order valence-corrected chi connectivity index (χ1v) is 5.77. The van der Waals surface area contributed by atoms with Crippen LogP contribution in [0, 0.1) is 0 Å². The Morgan fingerprint density at radius 1 is 1.31 bits per heavy atom. The lowest BCUT2D eigenvalue weighted by Gasteiger charge is -2.11. The van der Waals surface area contributed by atoms with Gasteiger partial charge in [0.05, 0.1) is 25.9 Å². The first-order valence-electron chi connectivity index (χ1n) is 5.77. The Bertz CT molecular complexity index is 207. The molecule has 0 bridgehead atoms. The van der Waals surface area contributed by atoms with Crippen LogP contribution in [0.1, 0.15) is 26.2 Å². The molecule has 2 unspecified atom stereocenters. The summed E-state index contributed by atoms with van der Waals surface area (Å²) in [5, 5.41) is 8.71. The third-order valence-corrected chi connectivity index (χ3v) is 2.41. The molecular formula is C11H20O5. The average Bonchev–Trinajstić information content (AvgIpc) is 2.72. The van der Waals surface area contributed by atoms with Crippen LogP contribution in [-0.4, -0.2) is 49.7 Å². The Kier molecular flexibility index (Phi) is 6.37. The minimum Gasteiger partial charge on any atom is -0.479 e. The van der Waals surface area contributed by atoms with E-state index >= 15 is 0 Å². The topological polar surface area (TPSA) is 65.0 Å². The van der Waals surface area contributed by atoms with E-state index in [9.17, 15) is 4.79 Å². The Labute approximate surface area is 95.7 Å². The van der Waals surface area contributed by atoms with E-state index in [0.29, 0.717) is 26.2 Å². The van der Waals surface area contributed by atoms with Gasteiger partial charge in [-0.25, -0.2) is 4.79 Å². The van der Waals surface area contributed by atoms with Crippen molar-refractivity contribution in [2.24, 2.45) is 0 Å². The standard InChI is InChI=1S/C11H20O5/c1-2-5-14-6-7-15-8-9-3-4-10(16-9)11(12)13/h9-10H,2-8H2,1H3,(H,12,13). The second-order valence-electron chi connectivity index (χ2n) is 3.85. The van der Waals surface area contributed by atoms with Crippen LogP contribution in [0.25, 0.3) is 0 Å². The number of ether oxygens (including phenoxy) is 3. The summed E-state index contributed by atoms with van der Waals surface area (Å²) in [5.74, 6) is -0.881. The van der Waals surface area contributed by atoms with Crippen molar-refractivity contribution in [3.8, 4) is 0 Å². The van der Waals surface area contributed by atoms with Gasteiger partial charge in [-0.15, -0.1) is 0 Å². The Balaban J connectivity index is 1.96. The first-order chi connectivity index (χ1) is 7.74. The van der Waals surface area contributed by atoms with E-state index in [1.165, 1.54) is 0 Å². The molecule has 0 aromatic carbocycles. The zero-order chi connectivity index (χ0) is 11.8. The SMILES string of the molecule is CCCOCCOCC1CCC(C(=O)O)O1. The molecular weight excluding hydrogens is 212 g/mol. The lowest BCUT2D eigenvalue weighted by molar-refractivity contribution is -0.150. The van der Waals surface area contributed by atoms with Crippen LogP contribution >= 0.6 is 0 Å². The molecule has 1 aliphatic heterocycles. The first kappa shape index (κ1) is 13.4. The maximum Gasteiger partial charge on any atom is 0.332 e. The van der Waals surface area contributed by atoms with Gasteiger partial charge < -0.3 is 19.3 Å². The normalized spacial score (nSPS) is 24.8. The minimum atomic E-state index is -0.881. The average molecular weight is 232 g/mol. The molecule has 1 fully saturated rings. The number of hydrogen-bond acceptors (Lipinski definition) is 4. The fraction of sp³-hybridized carbons (Fsp3) is 0.909. The molecule has 94 valence electrons. The highest BCUT2D eigenvalue weighted by atomic mass is 16.6. The van der Waals surface area contributed by atoms with Gasteiger partial charge in [-0.2, -0.15) is 0 Å². The summed E-state index contributed by atoms with van der Waals surface area (Å²) in [6, 6.07) is 0. The summed E-state index contributed by atoms with van der Waals surface area (Å²) < 4.78 is 15.9. The number of hydrogen-bond donors (Lipinski definition) is 1. The van der Waals surface area contributed by atoms with Crippen LogP contribution in [0.5, 0.6) is 0 Å². The van der Waals surface area contributed by atoms with Gasteiger partial charge in [0.1, 0.15) is 0 Å². The molecule has 0 spiro atoms. The quantitative estimate of drug-likeness (QED) is 0.634. The van der Waals surface area contributed by atoms with Crippen molar-refractivity contribution in [3.05, 3.63) is 0 Å². The molecule has 5 nitrogen and oxygen atoms in total. The molecule has 0 radical (unpaired) electrons. The van der Waals surface area contributed by atoms with Gasteiger partial charge in [0.2, 0.25) is 0 Å². The maximum absolute atomic E-state index is 10.6. The van der Waals surface area contributed by atoms with Crippen LogP contribution < -0.4 is 0 Å². The largest absolute Gasteiger partial charge is 0.479 e. The predicted octanol–water partition coefficient (Wildman–Crippen LogP) is 1.06. The Morgan fingerprint density at radius 2 is 2.06 bits per heavy atom. The monoisotopic (exact) mass is 232 g/mol. The molecule has 1 rings (SSSR count). The van der Waals surface area contributed by atoms with Crippen LogP contribution in [0.2, 0.25) is 0 Å². The van der Waals surface area contributed by atoms with Crippen molar-refractivity contribution >= 4 is 5.97 Å². The molecule has 1 N–H and O–H groups in total. The van der Waals surface area contributed by atoms with E-state index in [4.69, 9.17) is 19.3 Å². The van der Waals surface area contributed by atoms with Crippen LogP contribution in [-0.2, 0) is 19.0 Å². The minimum absolute atomic E-state index is 0.0766. The zero-order valence-corrected chi connectivity index (χ0v) is 9.68. The van der Waals surface area contributed by atoms with Crippen LogP contribution in [0.3, 0.4) is 0 Å².